The molecule has 9 nitrogen and oxygen atoms in total. The maximum atomic E-state index is 13.4. The molecule has 0 radical (unpaired) electrons. The van der Waals surface area contributed by atoms with E-state index in [9.17, 15) is 13.2 Å². The number of anilines is 1. The second-order valence-corrected chi connectivity index (χ2v) is 11.5. The van der Waals surface area contributed by atoms with Crippen LogP contribution in [0.25, 0.3) is 11.1 Å². The van der Waals surface area contributed by atoms with Crippen molar-refractivity contribution in [3.05, 3.63) is 82.1 Å². The molecule has 0 spiro atoms. The Morgan fingerprint density at radius 3 is 2.42 bits per heavy atom. The molecule has 0 unspecified atom stereocenters. The Balaban J connectivity index is 1.60. The lowest BCUT2D eigenvalue weighted by Gasteiger charge is -2.21. The highest BCUT2D eigenvalue weighted by atomic mass is 32.2. The summed E-state index contributed by atoms with van der Waals surface area (Å²) in [5.41, 5.74) is 5.21. The van der Waals surface area contributed by atoms with E-state index in [0.717, 1.165) is 41.1 Å². The van der Waals surface area contributed by atoms with E-state index in [-0.39, 0.29) is 16.6 Å². The first-order chi connectivity index (χ1) is 19.1. The number of aryl methyl sites for hydroxylation is 4. The first-order valence-corrected chi connectivity index (χ1v) is 15.1. The van der Waals surface area contributed by atoms with Crippen molar-refractivity contribution in [3.8, 4) is 11.1 Å². The zero-order valence-corrected chi connectivity index (χ0v) is 24.8. The maximum absolute atomic E-state index is 13.4. The molecule has 40 heavy (non-hydrogen) atoms. The number of benzene rings is 2. The zero-order chi connectivity index (χ0) is 29.0. The monoisotopic (exact) mass is 563 g/mol. The smallest absolute Gasteiger partial charge is 0.274 e. The summed E-state index contributed by atoms with van der Waals surface area (Å²) in [5.74, 6) is 1.47. The first kappa shape index (κ1) is 29.1. The molecular weight excluding hydrogens is 526 g/mol. The zero-order valence-electron chi connectivity index (χ0n) is 24.0. The summed E-state index contributed by atoms with van der Waals surface area (Å²) in [6.45, 7) is 12.4. The average Bonchev–Trinajstić information content (AvgIpc) is 3.49. The molecule has 4 rings (SSSR count). The van der Waals surface area contributed by atoms with Gasteiger partial charge in [-0.2, -0.15) is 0 Å². The fourth-order valence-corrected chi connectivity index (χ4v) is 5.97. The predicted octanol–water partition coefficient (Wildman–Crippen LogP) is 5.97. The molecule has 2 N–H and O–H groups in total. The maximum Gasteiger partial charge on any atom is 0.274 e. The number of aromatic nitrogens is 3. The van der Waals surface area contributed by atoms with Gasteiger partial charge in [-0.1, -0.05) is 55.4 Å². The summed E-state index contributed by atoms with van der Waals surface area (Å²) in [6.07, 6.45) is 2.46. The number of nitrogens with zero attached hydrogens (tertiary/aromatic N) is 3. The first-order valence-electron chi connectivity index (χ1n) is 13.6. The summed E-state index contributed by atoms with van der Waals surface area (Å²) in [4.78, 5) is 23.3. The van der Waals surface area contributed by atoms with Crippen LogP contribution in [0.3, 0.4) is 0 Å². The molecule has 1 amide bonds. The second-order valence-electron chi connectivity index (χ2n) is 9.90. The van der Waals surface area contributed by atoms with Gasteiger partial charge in [0, 0.05) is 36.3 Å². The van der Waals surface area contributed by atoms with E-state index >= 15 is 0 Å². The SMILES string of the molecule is CCCc1nc(C(=O)N(CC)Cc2ccc(-c3ccccc3S(=O)(=O)Nc3noc(C)c3C)c(C)c2)c(CC)[nH]1. The van der Waals surface area contributed by atoms with Crippen LogP contribution in [0.1, 0.15) is 71.6 Å². The highest BCUT2D eigenvalue weighted by molar-refractivity contribution is 7.92. The molecule has 0 atom stereocenters. The second kappa shape index (κ2) is 12.1. The molecule has 0 saturated carbocycles. The van der Waals surface area contributed by atoms with Crippen LogP contribution in [0.15, 0.2) is 51.9 Å². The van der Waals surface area contributed by atoms with Gasteiger partial charge in [0.05, 0.1) is 4.90 Å². The van der Waals surface area contributed by atoms with Crippen molar-refractivity contribution in [2.75, 3.05) is 11.3 Å². The predicted molar refractivity (Wildman–Crippen MR) is 156 cm³/mol. The van der Waals surface area contributed by atoms with Crippen molar-refractivity contribution >= 4 is 21.7 Å². The molecule has 212 valence electrons. The molecule has 0 bridgehead atoms. The highest BCUT2D eigenvalue weighted by Gasteiger charge is 2.24. The van der Waals surface area contributed by atoms with E-state index in [4.69, 9.17) is 4.52 Å². The standard InChI is InChI=1S/C30H37N5O4S/c1-7-12-27-31-25(8-2)28(32-27)30(36)35(9-3)18-22-15-16-23(19(4)17-22)24-13-10-11-14-26(24)40(37,38)34-29-20(5)21(6)39-33-29/h10-11,13-17H,7-9,12,18H2,1-6H3,(H,31,32)(H,33,34). The van der Waals surface area contributed by atoms with Crippen molar-refractivity contribution in [2.45, 2.75) is 72.2 Å². The Labute approximate surface area is 236 Å². The van der Waals surface area contributed by atoms with Crippen molar-refractivity contribution in [3.63, 3.8) is 0 Å². The molecule has 0 aliphatic heterocycles. The Hall–Kier alpha value is -3.92. The molecule has 0 fully saturated rings. The molecule has 0 saturated heterocycles. The number of hydrogen-bond acceptors (Lipinski definition) is 6. The van der Waals surface area contributed by atoms with E-state index < -0.39 is 10.0 Å². The minimum atomic E-state index is -3.94. The largest absolute Gasteiger partial charge is 0.359 e. The van der Waals surface area contributed by atoms with Crippen LogP contribution < -0.4 is 4.72 Å². The molecule has 2 heterocycles. The number of sulfonamides is 1. The fourth-order valence-electron chi connectivity index (χ4n) is 4.69. The van der Waals surface area contributed by atoms with Crippen LogP contribution in [-0.4, -0.2) is 40.9 Å². The number of nitrogens with one attached hydrogen (secondary N) is 2. The van der Waals surface area contributed by atoms with Gasteiger partial charge in [0.1, 0.15) is 17.3 Å². The number of carbonyl (C=O) groups excluding carboxylic acids is 1. The van der Waals surface area contributed by atoms with Crippen LogP contribution >= 0.6 is 0 Å². The molecule has 4 aromatic rings. The number of H-pyrrole nitrogens is 1. The number of carbonyl (C=O) groups is 1. The lowest BCUT2D eigenvalue weighted by Crippen LogP contribution is -2.31. The Morgan fingerprint density at radius 1 is 1.05 bits per heavy atom. The molecule has 2 aromatic carbocycles. The quantitative estimate of drug-likeness (QED) is 0.232. The van der Waals surface area contributed by atoms with E-state index in [1.165, 1.54) is 0 Å². The molecule has 10 heteroatoms. The van der Waals surface area contributed by atoms with Crippen molar-refractivity contribution < 1.29 is 17.7 Å². The Bertz CT molecular complexity index is 1620. The van der Waals surface area contributed by atoms with E-state index in [0.29, 0.717) is 42.1 Å². The van der Waals surface area contributed by atoms with Gasteiger partial charge in [0.15, 0.2) is 5.82 Å². The van der Waals surface area contributed by atoms with E-state index in [1.54, 1.807) is 36.9 Å². The third-order valence-electron chi connectivity index (χ3n) is 7.06. The van der Waals surface area contributed by atoms with Gasteiger partial charge in [-0.3, -0.25) is 9.52 Å². The van der Waals surface area contributed by atoms with Crippen LogP contribution in [0.5, 0.6) is 0 Å². The molecule has 0 aliphatic carbocycles. The summed E-state index contributed by atoms with van der Waals surface area (Å²) < 4.78 is 34.4. The third kappa shape index (κ3) is 5.96. The van der Waals surface area contributed by atoms with Crippen LogP contribution in [0.2, 0.25) is 0 Å². The van der Waals surface area contributed by atoms with E-state index in [1.807, 2.05) is 45.0 Å². The van der Waals surface area contributed by atoms with Gasteiger partial charge in [-0.25, -0.2) is 13.4 Å². The summed E-state index contributed by atoms with van der Waals surface area (Å²) >= 11 is 0. The number of hydrogen-bond donors (Lipinski definition) is 2. The van der Waals surface area contributed by atoms with Gasteiger partial charge in [-0.15, -0.1) is 0 Å². The number of aromatic amines is 1. The van der Waals surface area contributed by atoms with Gasteiger partial charge in [0.2, 0.25) is 0 Å². The summed E-state index contributed by atoms with van der Waals surface area (Å²) in [6, 6.07) is 12.7. The molecular formula is C30H37N5O4S. The van der Waals surface area contributed by atoms with Crippen LogP contribution in [0, 0.1) is 20.8 Å². The lowest BCUT2D eigenvalue weighted by atomic mass is 9.98. The van der Waals surface area contributed by atoms with Crippen molar-refractivity contribution in [2.24, 2.45) is 0 Å². The van der Waals surface area contributed by atoms with Gasteiger partial charge < -0.3 is 14.4 Å². The van der Waals surface area contributed by atoms with Crippen molar-refractivity contribution in [1.82, 2.24) is 20.0 Å². The van der Waals surface area contributed by atoms with E-state index in [2.05, 4.69) is 26.8 Å². The van der Waals surface area contributed by atoms with Gasteiger partial charge in [0.25, 0.3) is 15.9 Å². The molecule has 0 aliphatic rings. The number of rotatable bonds is 11. The minimum absolute atomic E-state index is 0.0967. The average molecular weight is 564 g/mol. The molecule has 2 aromatic heterocycles. The van der Waals surface area contributed by atoms with Crippen LogP contribution in [-0.2, 0) is 29.4 Å². The van der Waals surface area contributed by atoms with Crippen molar-refractivity contribution in [1.29, 1.82) is 0 Å². The normalized spacial score (nSPS) is 11.6. The minimum Gasteiger partial charge on any atom is -0.359 e. The summed E-state index contributed by atoms with van der Waals surface area (Å²) in [5, 5.41) is 3.85. The topological polar surface area (TPSA) is 121 Å². The summed E-state index contributed by atoms with van der Waals surface area (Å²) in [7, 11) is -3.94. The lowest BCUT2D eigenvalue weighted by molar-refractivity contribution is 0.0746. The Kier molecular flexibility index (Phi) is 8.78. The number of amides is 1. The van der Waals surface area contributed by atoms with Crippen LogP contribution in [0.4, 0.5) is 5.82 Å². The third-order valence-corrected chi connectivity index (χ3v) is 8.46. The van der Waals surface area contributed by atoms with Gasteiger partial charge in [-0.05, 0) is 63.3 Å². The number of imidazole rings is 1. The Morgan fingerprint density at radius 2 is 1.80 bits per heavy atom. The highest BCUT2D eigenvalue weighted by Crippen LogP contribution is 2.32. The fraction of sp³-hybridized carbons (Fsp3) is 0.367. The van der Waals surface area contributed by atoms with Gasteiger partial charge >= 0.3 is 0 Å².